The van der Waals surface area contributed by atoms with Gasteiger partial charge in [-0.15, -0.1) is 0 Å². The van der Waals surface area contributed by atoms with Crippen molar-refractivity contribution in [1.82, 2.24) is 5.32 Å². The highest BCUT2D eigenvalue weighted by Crippen LogP contribution is 2.33. The Morgan fingerprint density at radius 1 is 1.12 bits per heavy atom. The van der Waals surface area contributed by atoms with Crippen LogP contribution in [0.1, 0.15) is 12.5 Å². The van der Waals surface area contributed by atoms with Crippen molar-refractivity contribution in [2.24, 2.45) is 10.7 Å². The van der Waals surface area contributed by atoms with Crippen LogP contribution in [0, 0.1) is 0 Å². The zero-order valence-corrected chi connectivity index (χ0v) is 18.5. The van der Waals surface area contributed by atoms with Crippen molar-refractivity contribution in [3.8, 4) is 11.5 Å². The van der Waals surface area contributed by atoms with Crippen LogP contribution in [0.15, 0.2) is 59.2 Å². The number of imide groups is 1. The minimum absolute atomic E-state index is 0.197. The Balaban J connectivity index is 1.97. The first-order chi connectivity index (χ1) is 15.3. The van der Waals surface area contributed by atoms with Gasteiger partial charge in [-0.1, -0.05) is 30.0 Å². The summed E-state index contributed by atoms with van der Waals surface area (Å²) in [6.45, 7) is 1.59. The van der Waals surface area contributed by atoms with Crippen LogP contribution in [-0.2, 0) is 9.59 Å². The van der Waals surface area contributed by atoms with Gasteiger partial charge in [0.15, 0.2) is 5.17 Å². The van der Waals surface area contributed by atoms with E-state index in [4.69, 9.17) is 15.2 Å². The van der Waals surface area contributed by atoms with E-state index in [1.807, 2.05) is 5.32 Å². The van der Waals surface area contributed by atoms with Crippen molar-refractivity contribution in [2.45, 2.75) is 12.2 Å². The van der Waals surface area contributed by atoms with Gasteiger partial charge >= 0.3 is 6.03 Å². The lowest BCUT2D eigenvalue weighted by molar-refractivity contribution is -0.119. The maximum Gasteiger partial charge on any atom is 0.318 e. The number of thioether (sulfide) groups is 1. The molecule has 0 aliphatic carbocycles. The number of hydrogen-bond acceptors (Lipinski definition) is 7. The van der Waals surface area contributed by atoms with Crippen LogP contribution in [0.3, 0.4) is 0 Å². The quantitative estimate of drug-likeness (QED) is 0.647. The first-order valence-corrected chi connectivity index (χ1v) is 10.4. The molecule has 1 heterocycles. The normalized spacial score (nSPS) is 15.3. The lowest BCUT2D eigenvalue weighted by Crippen LogP contribution is -2.41. The molecule has 2 aromatic rings. The second kappa shape index (κ2) is 10.0. The predicted molar refractivity (Wildman–Crippen MR) is 124 cm³/mol. The molecule has 0 unspecified atom stereocenters. The number of carbonyl (C=O) groups is 3. The van der Waals surface area contributed by atoms with Gasteiger partial charge in [-0.3, -0.25) is 19.8 Å². The molecule has 0 bridgehead atoms. The molecular weight excluding hydrogens is 432 g/mol. The first-order valence-electron chi connectivity index (χ1n) is 9.52. The molecule has 32 heavy (non-hydrogen) atoms. The van der Waals surface area contributed by atoms with Gasteiger partial charge in [0, 0.05) is 6.07 Å². The van der Waals surface area contributed by atoms with Crippen LogP contribution < -0.4 is 25.4 Å². The molecule has 0 saturated heterocycles. The average molecular weight is 455 g/mol. The molecule has 3 N–H and O–H groups in total. The zero-order valence-electron chi connectivity index (χ0n) is 17.7. The van der Waals surface area contributed by atoms with Crippen molar-refractivity contribution in [3.05, 3.63) is 59.8 Å². The zero-order chi connectivity index (χ0) is 23.3. The number of nitrogens with one attached hydrogen (secondary N) is 1. The summed E-state index contributed by atoms with van der Waals surface area (Å²) in [7, 11) is 3.10. The van der Waals surface area contributed by atoms with Gasteiger partial charge in [-0.2, -0.15) is 0 Å². The smallest absolute Gasteiger partial charge is 0.318 e. The first kappa shape index (κ1) is 22.9. The molecule has 4 amide bonds. The van der Waals surface area contributed by atoms with Crippen LogP contribution in [0.5, 0.6) is 11.5 Å². The van der Waals surface area contributed by atoms with Gasteiger partial charge in [0.2, 0.25) is 5.91 Å². The Morgan fingerprint density at radius 3 is 2.44 bits per heavy atom. The number of carbonyl (C=O) groups excluding carboxylic acids is 3. The summed E-state index contributed by atoms with van der Waals surface area (Å²) < 4.78 is 10.4. The molecule has 9 nitrogen and oxygen atoms in total. The summed E-state index contributed by atoms with van der Waals surface area (Å²) in [6, 6.07) is 13.2. The Kier molecular flexibility index (Phi) is 7.16. The monoisotopic (exact) mass is 454 g/mol. The average Bonchev–Trinajstić information content (AvgIpc) is 3.08. The highest BCUT2D eigenvalue weighted by Gasteiger charge is 2.34. The Morgan fingerprint density at radius 2 is 1.81 bits per heavy atom. The standard InChI is InChI=1S/C22H22N4O5S/c1-13(19(27)25-21(23)29)32-22-24-18(11-14-7-9-16(30-2)10-8-14)20(28)26(22)15-5-4-6-17(12-15)31-3/h4-13H,1-3H3,(H3,23,25,27,29)/b18-11+/t13-/m0/s1. The van der Waals surface area contributed by atoms with E-state index >= 15 is 0 Å². The fourth-order valence-electron chi connectivity index (χ4n) is 2.85. The van der Waals surface area contributed by atoms with Crippen LogP contribution in [-0.4, -0.2) is 42.5 Å². The fourth-order valence-corrected chi connectivity index (χ4v) is 3.77. The Bertz CT molecular complexity index is 1100. The molecule has 0 saturated carbocycles. The molecule has 0 radical (unpaired) electrons. The van der Waals surface area contributed by atoms with Crippen LogP contribution in [0.4, 0.5) is 10.5 Å². The topological polar surface area (TPSA) is 123 Å². The minimum Gasteiger partial charge on any atom is -0.497 e. The number of anilines is 1. The molecule has 1 aliphatic heterocycles. The van der Waals surface area contributed by atoms with Gasteiger partial charge in [-0.25, -0.2) is 9.79 Å². The lowest BCUT2D eigenvalue weighted by atomic mass is 10.2. The molecule has 1 aliphatic rings. The third-order valence-electron chi connectivity index (χ3n) is 4.46. The minimum atomic E-state index is -0.948. The maximum absolute atomic E-state index is 13.3. The number of amidine groups is 1. The number of nitrogens with zero attached hydrogens (tertiary/aromatic N) is 2. The predicted octanol–water partition coefficient (Wildman–Crippen LogP) is 2.76. The largest absolute Gasteiger partial charge is 0.497 e. The SMILES string of the molecule is COc1ccc(/C=C2/N=C(S[C@@H](C)C(=O)NC(N)=O)N(c3cccc(OC)c3)C2=O)cc1. The summed E-state index contributed by atoms with van der Waals surface area (Å²) >= 11 is 1.03. The fraction of sp³-hybridized carbons (Fsp3) is 0.182. The molecule has 166 valence electrons. The van der Waals surface area contributed by atoms with E-state index < -0.39 is 17.2 Å². The third-order valence-corrected chi connectivity index (χ3v) is 5.51. The van der Waals surface area contributed by atoms with E-state index in [0.717, 1.165) is 17.3 Å². The van der Waals surface area contributed by atoms with Crippen molar-refractivity contribution >= 4 is 46.5 Å². The van der Waals surface area contributed by atoms with Gasteiger partial charge in [0.25, 0.3) is 5.91 Å². The van der Waals surface area contributed by atoms with E-state index in [-0.39, 0.29) is 16.8 Å². The highest BCUT2D eigenvalue weighted by molar-refractivity contribution is 8.15. The molecule has 0 fully saturated rings. The molecular formula is C22H22N4O5S. The summed E-state index contributed by atoms with van der Waals surface area (Å²) in [6.07, 6.45) is 1.65. The third kappa shape index (κ3) is 5.27. The molecule has 3 rings (SSSR count). The van der Waals surface area contributed by atoms with Crippen LogP contribution >= 0.6 is 11.8 Å². The van der Waals surface area contributed by atoms with Crippen molar-refractivity contribution in [2.75, 3.05) is 19.1 Å². The number of benzene rings is 2. The molecule has 2 aromatic carbocycles. The van der Waals surface area contributed by atoms with E-state index in [2.05, 4.69) is 4.99 Å². The molecule has 1 atom stereocenters. The molecule has 0 aromatic heterocycles. The number of aliphatic imine (C=N–C) groups is 1. The van der Waals surface area contributed by atoms with Gasteiger partial charge in [0.1, 0.15) is 17.2 Å². The van der Waals surface area contributed by atoms with E-state index in [0.29, 0.717) is 17.2 Å². The Labute approximate surface area is 189 Å². The van der Waals surface area contributed by atoms with Gasteiger partial charge < -0.3 is 15.2 Å². The summed E-state index contributed by atoms with van der Waals surface area (Å²) in [5.41, 5.74) is 6.52. The number of methoxy groups -OCH3 is 2. The van der Waals surface area contributed by atoms with Crippen LogP contribution in [0.25, 0.3) is 6.08 Å². The number of primary amides is 1. The second-order valence-corrected chi connectivity index (χ2v) is 7.96. The van der Waals surface area contributed by atoms with Crippen molar-refractivity contribution < 1.29 is 23.9 Å². The second-order valence-electron chi connectivity index (χ2n) is 6.65. The maximum atomic E-state index is 13.3. The number of rotatable bonds is 6. The Hall–Kier alpha value is -3.79. The van der Waals surface area contributed by atoms with Crippen molar-refractivity contribution in [1.29, 1.82) is 0 Å². The van der Waals surface area contributed by atoms with E-state index in [1.54, 1.807) is 68.6 Å². The van der Waals surface area contributed by atoms with E-state index in [9.17, 15) is 14.4 Å². The molecule has 0 spiro atoms. The number of ether oxygens (including phenoxy) is 2. The lowest BCUT2D eigenvalue weighted by Gasteiger charge is -2.20. The van der Waals surface area contributed by atoms with Crippen molar-refractivity contribution in [3.63, 3.8) is 0 Å². The number of nitrogens with two attached hydrogens (primary N) is 1. The summed E-state index contributed by atoms with van der Waals surface area (Å²) in [4.78, 5) is 42.3. The summed E-state index contributed by atoms with van der Waals surface area (Å²) in [5, 5.41) is 1.59. The van der Waals surface area contributed by atoms with Gasteiger partial charge in [0.05, 0.1) is 25.2 Å². The summed E-state index contributed by atoms with van der Waals surface area (Å²) in [5.74, 6) is 0.304. The highest BCUT2D eigenvalue weighted by atomic mass is 32.2. The number of amides is 4. The van der Waals surface area contributed by atoms with E-state index in [1.165, 1.54) is 12.0 Å². The number of urea groups is 1. The molecule has 10 heteroatoms. The van der Waals surface area contributed by atoms with Crippen LogP contribution in [0.2, 0.25) is 0 Å². The number of hydrogen-bond donors (Lipinski definition) is 2. The van der Waals surface area contributed by atoms with Gasteiger partial charge in [-0.05, 0) is 42.8 Å².